The molecular weight excluding hydrogens is 393 g/mol. The van der Waals surface area contributed by atoms with E-state index in [1.165, 1.54) is 12.1 Å². The van der Waals surface area contributed by atoms with E-state index in [4.69, 9.17) is 4.74 Å². The summed E-state index contributed by atoms with van der Waals surface area (Å²) in [6.45, 7) is 4.52. The smallest absolute Gasteiger partial charge is 0.123 e. The number of ether oxygens (including phenoxy) is 1. The zero-order chi connectivity index (χ0) is 22.1. The minimum Gasteiger partial charge on any atom is -0.496 e. The highest BCUT2D eigenvalue weighted by atomic mass is 19.1. The highest BCUT2D eigenvalue weighted by Gasteiger charge is 2.43. The molecule has 31 heavy (non-hydrogen) atoms. The van der Waals surface area contributed by atoms with E-state index in [-0.39, 0.29) is 11.7 Å². The molecule has 0 amide bonds. The van der Waals surface area contributed by atoms with Crippen LogP contribution >= 0.6 is 0 Å². The molecular formula is C25H32FN3O2. The third-order valence-electron chi connectivity index (χ3n) is 6.76. The molecule has 3 aromatic rings. The second kappa shape index (κ2) is 8.50. The molecule has 2 heterocycles. The number of fused-ring (bicyclic) bond motifs is 1. The Hall–Kier alpha value is -2.60. The number of anilines is 1. The lowest BCUT2D eigenvalue weighted by molar-refractivity contribution is -0.0275. The quantitative estimate of drug-likeness (QED) is 0.451. The van der Waals surface area contributed by atoms with Gasteiger partial charge in [0.25, 0.3) is 0 Å². The van der Waals surface area contributed by atoms with Gasteiger partial charge in [0.05, 0.1) is 24.4 Å². The lowest BCUT2D eigenvalue weighted by Gasteiger charge is -2.41. The van der Waals surface area contributed by atoms with Crippen LogP contribution in [-0.2, 0) is 5.41 Å². The van der Waals surface area contributed by atoms with Crippen molar-refractivity contribution in [2.45, 2.75) is 57.0 Å². The second-order valence-corrected chi connectivity index (χ2v) is 9.49. The Bertz CT molecular complexity index is 1010. The average Bonchev–Trinajstić information content (AvgIpc) is 3.42. The van der Waals surface area contributed by atoms with Crippen molar-refractivity contribution in [2.24, 2.45) is 5.92 Å². The van der Waals surface area contributed by atoms with E-state index in [1.54, 1.807) is 25.6 Å². The number of pyridine rings is 1. The summed E-state index contributed by atoms with van der Waals surface area (Å²) in [7, 11) is 1.60. The number of methoxy groups -OCH3 is 1. The molecule has 4 rings (SSSR count). The molecule has 3 N–H and O–H groups in total. The molecule has 1 fully saturated rings. The highest BCUT2D eigenvalue weighted by Crippen LogP contribution is 2.44. The molecule has 0 bridgehead atoms. The Morgan fingerprint density at radius 2 is 2.00 bits per heavy atom. The SMILES string of the molecule is COc1ccc(F)cc1C(C)(C)CC(O)(CNc1cc2ccncc2[nH]1)C1CCCC1. The fourth-order valence-corrected chi connectivity index (χ4v) is 5.20. The van der Waals surface area contributed by atoms with Crippen LogP contribution in [0.15, 0.2) is 42.7 Å². The van der Waals surface area contributed by atoms with E-state index in [1.807, 2.05) is 12.1 Å². The van der Waals surface area contributed by atoms with Gasteiger partial charge in [0, 0.05) is 23.7 Å². The van der Waals surface area contributed by atoms with Crippen molar-refractivity contribution in [2.75, 3.05) is 19.0 Å². The third kappa shape index (κ3) is 4.54. The summed E-state index contributed by atoms with van der Waals surface area (Å²) in [5.41, 5.74) is 0.325. The highest BCUT2D eigenvalue weighted by molar-refractivity contribution is 5.82. The largest absolute Gasteiger partial charge is 0.496 e. The maximum absolute atomic E-state index is 14.1. The van der Waals surface area contributed by atoms with Crippen LogP contribution in [0.1, 0.15) is 51.5 Å². The van der Waals surface area contributed by atoms with Crippen LogP contribution in [0.3, 0.4) is 0 Å². The van der Waals surface area contributed by atoms with Gasteiger partial charge in [-0.05, 0) is 60.9 Å². The summed E-state index contributed by atoms with van der Waals surface area (Å²) in [6.07, 6.45) is 8.34. The molecule has 1 aromatic carbocycles. The van der Waals surface area contributed by atoms with Crippen molar-refractivity contribution in [3.63, 3.8) is 0 Å². The van der Waals surface area contributed by atoms with Gasteiger partial charge in [0.2, 0.25) is 0 Å². The van der Waals surface area contributed by atoms with E-state index >= 15 is 0 Å². The number of hydrogen-bond donors (Lipinski definition) is 3. The Morgan fingerprint density at radius 3 is 2.71 bits per heavy atom. The summed E-state index contributed by atoms with van der Waals surface area (Å²) in [5.74, 6) is 1.42. The maximum Gasteiger partial charge on any atom is 0.123 e. The van der Waals surface area contributed by atoms with Crippen LogP contribution in [0, 0.1) is 11.7 Å². The fourth-order valence-electron chi connectivity index (χ4n) is 5.20. The first-order chi connectivity index (χ1) is 14.8. The van der Waals surface area contributed by atoms with Gasteiger partial charge in [-0.3, -0.25) is 4.98 Å². The summed E-state index contributed by atoms with van der Waals surface area (Å²) >= 11 is 0. The number of aromatic amines is 1. The summed E-state index contributed by atoms with van der Waals surface area (Å²) in [5, 5.41) is 16.5. The maximum atomic E-state index is 14.1. The number of nitrogens with one attached hydrogen (secondary N) is 2. The van der Waals surface area contributed by atoms with Crippen LogP contribution in [0.4, 0.5) is 10.2 Å². The van der Waals surface area contributed by atoms with E-state index in [9.17, 15) is 9.50 Å². The van der Waals surface area contributed by atoms with Crippen molar-refractivity contribution >= 4 is 16.7 Å². The molecule has 166 valence electrons. The normalized spacial score (nSPS) is 17.1. The lowest BCUT2D eigenvalue weighted by Crippen LogP contribution is -2.47. The molecule has 1 saturated carbocycles. The van der Waals surface area contributed by atoms with Crippen molar-refractivity contribution in [3.8, 4) is 5.75 Å². The molecule has 0 saturated heterocycles. The summed E-state index contributed by atoms with van der Waals surface area (Å²) in [6, 6.07) is 8.60. The van der Waals surface area contributed by atoms with E-state index in [2.05, 4.69) is 29.1 Å². The molecule has 1 aliphatic carbocycles. The Morgan fingerprint density at radius 1 is 1.23 bits per heavy atom. The molecule has 0 spiro atoms. The minimum atomic E-state index is -0.938. The third-order valence-corrected chi connectivity index (χ3v) is 6.76. The van der Waals surface area contributed by atoms with Crippen molar-refractivity contribution in [1.82, 2.24) is 9.97 Å². The standard InChI is InChI=1S/C25H32FN3O2/c1-24(2,20-13-19(26)8-9-22(20)31-3)15-25(30,18-6-4-5-7-18)16-28-23-12-17-10-11-27-14-21(17)29-23/h8-14,18,28-30H,4-7,15-16H2,1-3H3. The predicted octanol–water partition coefficient (Wildman–Crippen LogP) is 5.41. The molecule has 6 heteroatoms. The number of halogens is 1. The van der Waals surface area contributed by atoms with Crippen molar-refractivity contribution < 1.29 is 14.2 Å². The zero-order valence-corrected chi connectivity index (χ0v) is 18.5. The number of aliphatic hydroxyl groups is 1. The molecule has 2 aromatic heterocycles. The molecule has 5 nitrogen and oxygen atoms in total. The lowest BCUT2D eigenvalue weighted by atomic mass is 9.70. The van der Waals surface area contributed by atoms with Gasteiger partial charge in [0.1, 0.15) is 17.4 Å². The van der Waals surface area contributed by atoms with Crippen LogP contribution in [-0.4, -0.2) is 34.3 Å². The van der Waals surface area contributed by atoms with Gasteiger partial charge >= 0.3 is 0 Å². The first-order valence-electron chi connectivity index (χ1n) is 11.0. The Kier molecular flexibility index (Phi) is 5.93. The van der Waals surface area contributed by atoms with Gasteiger partial charge in [0.15, 0.2) is 0 Å². The van der Waals surface area contributed by atoms with Crippen molar-refractivity contribution in [1.29, 1.82) is 0 Å². The first-order valence-corrected chi connectivity index (χ1v) is 11.0. The first kappa shape index (κ1) is 21.6. The Labute approximate surface area is 183 Å². The van der Waals surface area contributed by atoms with E-state index in [0.717, 1.165) is 48.0 Å². The second-order valence-electron chi connectivity index (χ2n) is 9.49. The van der Waals surface area contributed by atoms with Crippen molar-refractivity contribution in [3.05, 3.63) is 54.1 Å². The van der Waals surface area contributed by atoms with Gasteiger partial charge in [-0.1, -0.05) is 26.7 Å². The van der Waals surface area contributed by atoms with Gasteiger partial charge in [-0.2, -0.15) is 0 Å². The minimum absolute atomic E-state index is 0.199. The topological polar surface area (TPSA) is 70.2 Å². The van der Waals surface area contributed by atoms with Crippen LogP contribution in [0.25, 0.3) is 10.9 Å². The van der Waals surface area contributed by atoms with E-state index < -0.39 is 11.0 Å². The number of H-pyrrole nitrogens is 1. The molecule has 0 aliphatic heterocycles. The average molecular weight is 426 g/mol. The summed E-state index contributed by atoms with van der Waals surface area (Å²) < 4.78 is 19.6. The zero-order valence-electron chi connectivity index (χ0n) is 18.5. The van der Waals surface area contributed by atoms with Gasteiger partial charge < -0.3 is 20.1 Å². The molecule has 1 aliphatic rings. The van der Waals surface area contributed by atoms with Crippen LogP contribution in [0.2, 0.25) is 0 Å². The Balaban J connectivity index is 1.60. The number of benzene rings is 1. The predicted molar refractivity (Wildman–Crippen MR) is 122 cm³/mol. The number of hydrogen-bond acceptors (Lipinski definition) is 4. The monoisotopic (exact) mass is 425 g/mol. The molecule has 1 unspecified atom stereocenters. The van der Waals surface area contributed by atoms with Gasteiger partial charge in [-0.25, -0.2) is 4.39 Å². The molecule has 1 atom stereocenters. The van der Waals surface area contributed by atoms with Crippen LogP contribution in [0.5, 0.6) is 5.75 Å². The molecule has 0 radical (unpaired) electrons. The number of nitrogens with zero attached hydrogens (tertiary/aromatic N) is 1. The fraction of sp³-hybridized carbons (Fsp3) is 0.480. The van der Waals surface area contributed by atoms with Gasteiger partial charge in [-0.15, -0.1) is 0 Å². The number of aromatic nitrogens is 2. The van der Waals surface area contributed by atoms with E-state index in [0.29, 0.717) is 18.7 Å². The summed E-state index contributed by atoms with van der Waals surface area (Å²) in [4.78, 5) is 7.48. The van der Waals surface area contributed by atoms with Crippen LogP contribution < -0.4 is 10.1 Å². The number of rotatable bonds is 8.